The second-order valence-corrected chi connectivity index (χ2v) is 5.01. The minimum absolute atomic E-state index is 0.00690. The molecule has 0 aliphatic rings. The second-order valence-electron chi connectivity index (χ2n) is 5.01. The van der Waals surface area contributed by atoms with Gasteiger partial charge in [0.2, 0.25) is 5.91 Å². The Bertz CT molecular complexity index is 251. The van der Waals surface area contributed by atoms with E-state index in [1.165, 1.54) is 0 Å². The van der Waals surface area contributed by atoms with Crippen LogP contribution in [0.2, 0.25) is 0 Å². The average Bonchev–Trinajstić information content (AvgIpc) is 2.22. The van der Waals surface area contributed by atoms with Crippen molar-refractivity contribution in [1.82, 2.24) is 4.90 Å². The zero-order valence-corrected chi connectivity index (χ0v) is 11.4. The Morgan fingerprint density at radius 2 is 1.82 bits per heavy atom. The van der Waals surface area contributed by atoms with E-state index < -0.39 is 5.97 Å². The molecule has 0 radical (unpaired) electrons. The van der Waals surface area contributed by atoms with E-state index in [-0.39, 0.29) is 18.2 Å². The van der Waals surface area contributed by atoms with Gasteiger partial charge in [0.1, 0.15) is 0 Å². The Morgan fingerprint density at radius 3 is 2.24 bits per heavy atom. The molecule has 4 nitrogen and oxygen atoms in total. The summed E-state index contributed by atoms with van der Waals surface area (Å²) in [7, 11) is 0. The highest BCUT2D eigenvalue weighted by atomic mass is 16.4. The van der Waals surface area contributed by atoms with Crippen molar-refractivity contribution in [3.8, 4) is 0 Å². The molecule has 0 rings (SSSR count). The number of carboxylic acid groups (broad SMARTS) is 1. The smallest absolute Gasteiger partial charge is 0.305 e. The number of aliphatic carboxylic acids is 1. The fourth-order valence-corrected chi connectivity index (χ4v) is 1.83. The fourth-order valence-electron chi connectivity index (χ4n) is 1.83. The Kier molecular flexibility index (Phi) is 7.59. The van der Waals surface area contributed by atoms with Gasteiger partial charge in [0.05, 0.1) is 6.42 Å². The van der Waals surface area contributed by atoms with Crippen LogP contribution in [0, 0.1) is 11.8 Å². The van der Waals surface area contributed by atoms with Gasteiger partial charge in [0.25, 0.3) is 0 Å². The summed E-state index contributed by atoms with van der Waals surface area (Å²) in [6.07, 6.45) is 1.86. The van der Waals surface area contributed by atoms with Gasteiger partial charge in [-0.1, -0.05) is 34.1 Å². The minimum Gasteiger partial charge on any atom is -0.481 e. The molecule has 0 saturated carbocycles. The molecule has 100 valence electrons. The molecular formula is C13H25NO3. The van der Waals surface area contributed by atoms with Gasteiger partial charge < -0.3 is 10.0 Å². The lowest BCUT2D eigenvalue weighted by Crippen LogP contribution is -2.39. The van der Waals surface area contributed by atoms with Crippen LogP contribution in [0.3, 0.4) is 0 Å². The molecule has 0 saturated heterocycles. The van der Waals surface area contributed by atoms with Crippen molar-refractivity contribution in [3.63, 3.8) is 0 Å². The summed E-state index contributed by atoms with van der Waals surface area (Å²) in [5.41, 5.74) is 0. The van der Waals surface area contributed by atoms with Crippen molar-refractivity contribution in [2.24, 2.45) is 11.8 Å². The quantitative estimate of drug-likeness (QED) is 0.712. The van der Waals surface area contributed by atoms with Crippen molar-refractivity contribution < 1.29 is 14.7 Å². The van der Waals surface area contributed by atoms with E-state index in [1.54, 1.807) is 4.90 Å². The summed E-state index contributed by atoms with van der Waals surface area (Å²) in [5, 5.41) is 8.68. The maximum Gasteiger partial charge on any atom is 0.305 e. The zero-order chi connectivity index (χ0) is 13.4. The van der Waals surface area contributed by atoms with E-state index in [4.69, 9.17) is 5.11 Å². The molecule has 0 aromatic heterocycles. The predicted octanol–water partition coefficient (Wildman–Crippen LogP) is 2.38. The third-order valence-electron chi connectivity index (χ3n) is 2.64. The van der Waals surface area contributed by atoms with E-state index in [0.717, 1.165) is 12.8 Å². The van der Waals surface area contributed by atoms with Crippen LogP contribution in [-0.2, 0) is 9.59 Å². The Morgan fingerprint density at radius 1 is 1.24 bits per heavy atom. The van der Waals surface area contributed by atoms with E-state index in [1.807, 2.05) is 27.7 Å². The summed E-state index contributed by atoms with van der Waals surface area (Å²) in [6, 6.07) is 0. The number of carbonyl (C=O) groups excluding carboxylic acids is 1. The molecule has 1 amide bonds. The summed E-state index contributed by atoms with van der Waals surface area (Å²) in [6.45, 7) is 8.99. The molecular weight excluding hydrogens is 218 g/mol. The van der Waals surface area contributed by atoms with Crippen LogP contribution in [0.4, 0.5) is 0 Å². The number of hydrogen-bond acceptors (Lipinski definition) is 2. The monoisotopic (exact) mass is 243 g/mol. The second kappa shape index (κ2) is 8.09. The number of rotatable bonds is 8. The molecule has 1 unspecified atom stereocenters. The number of carboxylic acids is 1. The molecule has 0 heterocycles. The van der Waals surface area contributed by atoms with Gasteiger partial charge in [-0.2, -0.15) is 0 Å². The van der Waals surface area contributed by atoms with Crippen LogP contribution in [0.5, 0.6) is 0 Å². The summed E-state index contributed by atoms with van der Waals surface area (Å²) in [5.74, 6) is -0.411. The average molecular weight is 243 g/mol. The number of hydrogen-bond donors (Lipinski definition) is 1. The molecule has 1 atom stereocenters. The maximum absolute atomic E-state index is 12.1. The SMILES string of the molecule is CCCC(C)C(=O)N(CCC(=O)O)CC(C)C. The molecule has 0 fully saturated rings. The molecule has 0 bridgehead atoms. The maximum atomic E-state index is 12.1. The van der Waals surface area contributed by atoms with Gasteiger partial charge in [-0.05, 0) is 12.3 Å². The molecule has 0 aliphatic carbocycles. The van der Waals surface area contributed by atoms with E-state index in [2.05, 4.69) is 0 Å². The summed E-state index contributed by atoms with van der Waals surface area (Å²) in [4.78, 5) is 24.4. The first-order valence-electron chi connectivity index (χ1n) is 6.39. The van der Waals surface area contributed by atoms with E-state index >= 15 is 0 Å². The van der Waals surface area contributed by atoms with Crippen molar-refractivity contribution in [1.29, 1.82) is 0 Å². The van der Waals surface area contributed by atoms with E-state index in [0.29, 0.717) is 19.0 Å². The third kappa shape index (κ3) is 6.97. The van der Waals surface area contributed by atoms with Crippen molar-refractivity contribution >= 4 is 11.9 Å². The van der Waals surface area contributed by atoms with Gasteiger partial charge in [0.15, 0.2) is 0 Å². The molecule has 0 aliphatic heterocycles. The molecule has 0 aromatic rings. The lowest BCUT2D eigenvalue weighted by molar-refractivity contribution is -0.140. The Labute approximate surface area is 104 Å². The minimum atomic E-state index is -0.852. The van der Waals surface area contributed by atoms with Gasteiger partial charge in [0, 0.05) is 19.0 Å². The summed E-state index contributed by atoms with van der Waals surface area (Å²) >= 11 is 0. The Hall–Kier alpha value is -1.06. The van der Waals surface area contributed by atoms with Gasteiger partial charge in [-0.25, -0.2) is 0 Å². The van der Waals surface area contributed by atoms with Crippen LogP contribution >= 0.6 is 0 Å². The molecule has 0 aromatic carbocycles. The first-order chi connectivity index (χ1) is 7.88. The summed E-state index contributed by atoms with van der Waals surface area (Å²) < 4.78 is 0. The predicted molar refractivity (Wildman–Crippen MR) is 67.7 cm³/mol. The largest absolute Gasteiger partial charge is 0.481 e. The normalized spacial score (nSPS) is 12.5. The van der Waals surface area contributed by atoms with Crippen LogP contribution in [0.15, 0.2) is 0 Å². The van der Waals surface area contributed by atoms with E-state index in [9.17, 15) is 9.59 Å². The van der Waals surface area contributed by atoms with Crippen molar-refractivity contribution in [2.75, 3.05) is 13.1 Å². The van der Waals surface area contributed by atoms with Gasteiger partial charge >= 0.3 is 5.97 Å². The standard InChI is InChI=1S/C13H25NO3/c1-5-6-11(4)13(17)14(9-10(2)3)8-7-12(15)16/h10-11H,5-9H2,1-4H3,(H,15,16). The number of nitrogens with zero attached hydrogens (tertiary/aromatic N) is 1. The highest BCUT2D eigenvalue weighted by Gasteiger charge is 2.20. The molecule has 17 heavy (non-hydrogen) atoms. The molecule has 1 N–H and O–H groups in total. The highest BCUT2D eigenvalue weighted by Crippen LogP contribution is 2.12. The number of amides is 1. The fraction of sp³-hybridized carbons (Fsp3) is 0.846. The topological polar surface area (TPSA) is 57.6 Å². The van der Waals surface area contributed by atoms with Gasteiger partial charge in [-0.15, -0.1) is 0 Å². The lowest BCUT2D eigenvalue weighted by atomic mass is 10.0. The van der Waals surface area contributed by atoms with Crippen molar-refractivity contribution in [2.45, 2.75) is 47.0 Å². The van der Waals surface area contributed by atoms with Crippen LogP contribution in [0.25, 0.3) is 0 Å². The van der Waals surface area contributed by atoms with Gasteiger partial charge in [-0.3, -0.25) is 9.59 Å². The third-order valence-corrected chi connectivity index (χ3v) is 2.64. The number of carbonyl (C=O) groups is 2. The van der Waals surface area contributed by atoms with Crippen molar-refractivity contribution in [3.05, 3.63) is 0 Å². The Balaban J connectivity index is 4.43. The first-order valence-corrected chi connectivity index (χ1v) is 6.39. The van der Waals surface area contributed by atoms with Crippen LogP contribution in [-0.4, -0.2) is 35.0 Å². The lowest BCUT2D eigenvalue weighted by Gasteiger charge is -2.26. The highest BCUT2D eigenvalue weighted by molar-refractivity contribution is 5.79. The van der Waals surface area contributed by atoms with Crippen LogP contribution in [0.1, 0.15) is 47.0 Å². The first kappa shape index (κ1) is 15.9. The molecule has 4 heteroatoms. The molecule has 0 spiro atoms. The van der Waals surface area contributed by atoms with Crippen LogP contribution < -0.4 is 0 Å². The zero-order valence-electron chi connectivity index (χ0n) is 11.4.